The molecule has 3 aliphatic rings. The van der Waals surface area contributed by atoms with Crippen LogP contribution in [0, 0.1) is 13.8 Å². The number of nitrogens with zero attached hydrogens (tertiary/aromatic N) is 1. The molecule has 1 unspecified atom stereocenters. The van der Waals surface area contributed by atoms with Crippen LogP contribution < -0.4 is 0 Å². The van der Waals surface area contributed by atoms with Crippen molar-refractivity contribution in [3.8, 4) is 50.3 Å². The van der Waals surface area contributed by atoms with Gasteiger partial charge in [0.2, 0.25) is 0 Å². The van der Waals surface area contributed by atoms with E-state index in [0.29, 0.717) is 5.92 Å². The molecule has 9 aromatic rings. The minimum absolute atomic E-state index is 0.0910. The first-order valence-corrected chi connectivity index (χ1v) is 25.4. The van der Waals surface area contributed by atoms with Crippen LogP contribution in [0.3, 0.4) is 0 Å². The van der Waals surface area contributed by atoms with Crippen molar-refractivity contribution in [2.45, 2.75) is 69.6 Å². The lowest BCUT2D eigenvalue weighted by Crippen LogP contribution is -2.26. The zero-order valence-electron chi connectivity index (χ0n) is 39.3. The van der Waals surface area contributed by atoms with E-state index in [2.05, 4.69) is 234 Å². The molecule has 326 valence electrons. The Morgan fingerprint density at radius 3 is 1.82 bits per heavy atom. The highest BCUT2D eigenvalue weighted by molar-refractivity contribution is 7.99. The van der Waals surface area contributed by atoms with Crippen molar-refractivity contribution in [2.75, 3.05) is 6.26 Å². The Labute approximate surface area is 400 Å². The summed E-state index contributed by atoms with van der Waals surface area (Å²) in [5, 5.41) is 1.31. The van der Waals surface area contributed by atoms with Crippen molar-refractivity contribution < 1.29 is 0 Å². The molecule has 0 saturated carbocycles. The second kappa shape index (κ2) is 16.2. The molecule has 1 spiro atoms. The van der Waals surface area contributed by atoms with Gasteiger partial charge in [-0.25, -0.2) is 0 Å². The number of aromatic nitrogens is 1. The van der Waals surface area contributed by atoms with Crippen LogP contribution in [0.25, 0.3) is 66.8 Å². The molecule has 3 aliphatic carbocycles. The second-order valence-electron chi connectivity index (χ2n) is 19.2. The monoisotopic (exact) mass is 881 g/mol. The first-order chi connectivity index (χ1) is 32.8. The standard InChI is InChI=1S/C65H55NS/c1-40(2)53-38-55-60(39-54(53)47-27-12-10-21-41(47)3)66(63(64(55)67-6)44-23-8-7-9-24-44)46-26-20-25-45(37-46)43(5)49-35-36-59-62(61(49)48-28-13-11-22-42(48)4)52-31-16-19-34-58(52)65(59)56-32-17-14-29-50(56)51-30-15-18-33-57(51)65/h7-15,17-18,20-40,43H,16,19H2,1-6H3. The van der Waals surface area contributed by atoms with Crippen LogP contribution >= 0.6 is 11.8 Å². The number of hydrogen-bond acceptors (Lipinski definition) is 1. The molecule has 8 aromatic carbocycles. The zero-order chi connectivity index (χ0) is 45.6. The Kier molecular flexibility index (Phi) is 10.0. The second-order valence-corrected chi connectivity index (χ2v) is 20.1. The molecule has 0 bridgehead atoms. The zero-order valence-corrected chi connectivity index (χ0v) is 40.1. The first-order valence-electron chi connectivity index (χ1n) is 24.1. The number of thioether (sulfide) groups is 1. The lowest BCUT2D eigenvalue weighted by Gasteiger charge is -2.32. The van der Waals surface area contributed by atoms with E-state index in [1.807, 2.05) is 11.8 Å². The molecule has 0 radical (unpaired) electrons. The summed E-state index contributed by atoms with van der Waals surface area (Å²) in [6.45, 7) is 11.6. The molecule has 1 nitrogen and oxygen atoms in total. The number of hydrogen-bond donors (Lipinski definition) is 0. The van der Waals surface area contributed by atoms with Gasteiger partial charge < -0.3 is 4.57 Å². The number of allylic oxidation sites excluding steroid dienone is 4. The van der Waals surface area contributed by atoms with E-state index in [9.17, 15) is 0 Å². The van der Waals surface area contributed by atoms with E-state index < -0.39 is 0 Å². The normalized spacial score (nSPS) is 14.7. The Hall–Kier alpha value is -6.87. The van der Waals surface area contributed by atoms with Gasteiger partial charge in [0.25, 0.3) is 0 Å². The molecule has 0 aliphatic heterocycles. The highest BCUT2D eigenvalue weighted by Crippen LogP contribution is 2.66. The predicted octanol–water partition coefficient (Wildman–Crippen LogP) is 17.7. The molecule has 1 atom stereocenters. The summed E-state index contributed by atoms with van der Waals surface area (Å²) in [5.41, 5.74) is 27.7. The highest BCUT2D eigenvalue weighted by Gasteiger charge is 2.54. The quantitative estimate of drug-likeness (QED) is 0.138. The van der Waals surface area contributed by atoms with Crippen LogP contribution in [0.15, 0.2) is 199 Å². The first kappa shape index (κ1) is 41.6. The van der Waals surface area contributed by atoms with Gasteiger partial charge >= 0.3 is 0 Å². The molecule has 1 aromatic heterocycles. The van der Waals surface area contributed by atoms with E-state index in [1.165, 1.54) is 127 Å². The molecule has 12 rings (SSSR count). The van der Waals surface area contributed by atoms with E-state index in [0.717, 1.165) is 12.8 Å². The Bertz CT molecular complexity index is 3470. The van der Waals surface area contributed by atoms with Crippen LogP contribution in [0.4, 0.5) is 0 Å². The van der Waals surface area contributed by atoms with Crippen LogP contribution in [0.1, 0.15) is 95.5 Å². The molecular formula is C65H55NS. The minimum atomic E-state index is -0.362. The van der Waals surface area contributed by atoms with Gasteiger partial charge in [0, 0.05) is 21.9 Å². The van der Waals surface area contributed by atoms with Gasteiger partial charge in [0.05, 0.1) is 16.6 Å². The maximum absolute atomic E-state index is 2.58. The van der Waals surface area contributed by atoms with E-state index in [1.54, 1.807) is 0 Å². The lowest BCUT2D eigenvalue weighted by atomic mass is 9.69. The van der Waals surface area contributed by atoms with Crippen molar-refractivity contribution in [1.82, 2.24) is 4.57 Å². The Morgan fingerprint density at radius 2 is 1.15 bits per heavy atom. The van der Waals surface area contributed by atoms with Gasteiger partial charge in [-0.3, -0.25) is 0 Å². The van der Waals surface area contributed by atoms with Gasteiger partial charge in [-0.15, -0.1) is 11.8 Å². The summed E-state index contributed by atoms with van der Waals surface area (Å²) in [6, 6.07) is 66.8. The van der Waals surface area contributed by atoms with Crippen molar-refractivity contribution in [1.29, 1.82) is 0 Å². The van der Waals surface area contributed by atoms with Crippen LogP contribution in [-0.2, 0) is 5.41 Å². The highest BCUT2D eigenvalue weighted by atomic mass is 32.2. The summed E-state index contributed by atoms with van der Waals surface area (Å²) in [5.74, 6) is 0.452. The predicted molar refractivity (Wildman–Crippen MR) is 286 cm³/mol. The number of fused-ring (bicyclic) bond motifs is 11. The van der Waals surface area contributed by atoms with E-state index in [4.69, 9.17) is 0 Å². The maximum atomic E-state index is 2.58. The van der Waals surface area contributed by atoms with Gasteiger partial charge in [-0.05, 0) is 163 Å². The molecule has 67 heavy (non-hydrogen) atoms. The third-order valence-corrected chi connectivity index (χ3v) is 16.2. The van der Waals surface area contributed by atoms with Crippen LogP contribution in [-0.4, -0.2) is 10.8 Å². The van der Waals surface area contributed by atoms with Crippen LogP contribution in [0.5, 0.6) is 0 Å². The van der Waals surface area contributed by atoms with Gasteiger partial charge in [0.15, 0.2) is 0 Å². The summed E-state index contributed by atoms with van der Waals surface area (Å²) in [6.07, 6.45) is 9.47. The summed E-state index contributed by atoms with van der Waals surface area (Å²) < 4.78 is 2.56. The number of benzene rings is 8. The Balaban J connectivity index is 1.10. The average molecular weight is 882 g/mol. The summed E-state index contributed by atoms with van der Waals surface area (Å²) in [4.78, 5) is 1.31. The van der Waals surface area contributed by atoms with Crippen molar-refractivity contribution in [3.63, 3.8) is 0 Å². The molecule has 0 amide bonds. The third-order valence-electron chi connectivity index (χ3n) is 15.3. The van der Waals surface area contributed by atoms with Crippen molar-refractivity contribution in [3.05, 3.63) is 244 Å². The fraction of sp³-hybridized carbons (Fsp3) is 0.169. The molecule has 2 heteroatoms. The fourth-order valence-electron chi connectivity index (χ4n) is 12.3. The maximum Gasteiger partial charge on any atom is 0.0722 e. The largest absolute Gasteiger partial charge is 0.308 e. The average Bonchev–Trinajstić information content (AvgIpc) is 3.97. The molecule has 1 heterocycles. The lowest BCUT2D eigenvalue weighted by molar-refractivity contribution is 0.781. The third kappa shape index (κ3) is 6.15. The smallest absolute Gasteiger partial charge is 0.0722 e. The number of rotatable bonds is 8. The minimum Gasteiger partial charge on any atom is -0.308 e. The van der Waals surface area contributed by atoms with Crippen molar-refractivity contribution in [2.24, 2.45) is 0 Å². The fourth-order valence-corrected chi connectivity index (χ4v) is 13.1. The SMILES string of the molecule is CSc1c(-c2ccccc2)n(-c2cccc(C(C)c3ccc4c(c3-c3ccccc3C)C3=CCCC=C3C43c4ccccc4-c4ccccc43)c2)c2cc(-c3ccccc3C)c(C(C)C)cc12. The summed E-state index contributed by atoms with van der Waals surface area (Å²) in [7, 11) is 0. The molecule has 0 fully saturated rings. The topological polar surface area (TPSA) is 4.93 Å². The van der Waals surface area contributed by atoms with Crippen molar-refractivity contribution >= 4 is 28.2 Å². The van der Waals surface area contributed by atoms with E-state index >= 15 is 0 Å². The molecule has 0 N–H and O–H groups in total. The molecule has 0 saturated heterocycles. The Morgan fingerprint density at radius 1 is 0.522 bits per heavy atom. The van der Waals surface area contributed by atoms with Gasteiger partial charge in [-0.1, -0.05) is 185 Å². The van der Waals surface area contributed by atoms with Gasteiger partial charge in [-0.2, -0.15) is 0 Å². The van der Waals surface area contributed by atoms with E-state index in [-0.39, 0.29) is 11.3 Å². The molecular weight excluding hydrogens is 827 g/mol. The van der Waals surface area contributed by atoms with Gasteiger partial charge in [0.1, 0.15) is 0 Å². The van der Waals surface area contributed by atoms with Crippen LogP contribution in [0.2, 0.25) is 0 Å². The number of aryl methyl sites for hydroxylation is 2. The summed E-state index contributed by atoms with van der Waals surface area (Å²) >= 11 is 1.86.